The molecule has 1 atom stereocenters. The first kappa shape index (κ1) is 13.4. The number of rotatable bonds is 4. The molecule has 1 aromatic rings. The second kappa shape index (κ2) is 5.31. The van der Waals surface area contributed by atoms with Crippen molar-refractivity contribution in [3.05, 3.63) is 29.8 Å². The van der Waals surface area contributed by atoms with Gasteiger partial charge >= 0.3 is 0 Å². The van der Waals surface area contributed by atoms with E-state index in [-0.39, 0.29) is 5.54 Å². The Balaban J connectivity index is 1.87. The van der Waals surface area contributed by atoms with Gasteiger partial charge in [-0.1, -0.05) is 18.2 Å². The van der Waals surface area contributed by atoms with Gasteiger partial charge in [0.15, 0.2) is 0 Å². The van der Waals surface area contributed by atoms with Gasteiger partial charge in [-0.25, -0.2) is 0 Å². The molecule has 0 bridgehead atoms. The van der Waals surface area contributed by atoms with Gasteiger partial charge in [0.2, 0.25) is 0 Å². The molecule has 0 fully saturated rings. The van der Waals surface area contributed by atoms with Crippen molar-refractivity contribution in [1.82, 2.24) is 5.32 Å². The fraction of sp³-hybridized carbons (Fsp3) is 0.625. The Hall–Kier alpha value is -1.02. The molecule has 0 saturated carbocycles. The number of para-hydroxylation sites is 1. The van der Waals surface area contributed by atoms with Gasteiger partial charge < -0.3 is 10.2 Å². The third kappa shape index (κ3) is 3.26. The van der Waals surface area contributed by atoms with Crippen LogP contribution in [-0.4, -0.2) is 24.7 Å². The van der Waals surface area contributed by atoms with Crippen molar-refractivity contribution in [2.75, 3.05) is 18.0 Å². The third-order valence-corrected chi connectivity index (χ3v) is 3.58. The van der Waals surface area contributed by atoms with E-state index in [4.69, 9.17) is 0 Å². The first-order chi connectivity index (χ1) is 8.47. The second-order valence-corrected chi connectivity index (χ2v) is 6.41. The Morgan fingerprint density at radius 1 is 1.28 bits per heavy atom. The maximum Gasteiger partial charge on any atom is 0.0402 e. The summed E-state index contributed by atoms with van der Waals surface area (Å²) in [4.78, 5) is 2.56. The summed E-state index contributed by atoms with van der Waals surface area (Å²) in [6.07, 6.45) is 2.40. The molecule has 2 rings (SSSR count). The molecule has 1 aromatic carbocycles. The Morgan fingerprint density at radius 3 is 2.72 bits per heavy atom. The van der Waals surface area contributed by atoms with Crippen molar-refractivity contribution in [3.63, 3.8) is 0 Å². The maximum absolute atomic E-state index is 3.56. The summed E-state index contributed by atoms with van der Waals surface area (Å²) in [5.74, 6) is 0. The van der Waals surface area contributed by atoms with Crippen LogP contribution >= 0.6 is 0 Å². The minimum absolute atomic E-state index is 0.231. The molecule has 2 nitrogen and oxygen atoms in total. The van der Waals surface area contributed by atoms with Gasteiger partial charge in [0.25, 0.3) is 0 Å². The summed E-state index contributed by atoms with van der Waals surface area (Å²) < 4.78 is 0. The van der Waals surface area contributed by atoms with E-state index in [9.17, 15) is 0 Å². The lowest BCUT2D eigenvalue weighted by atomic mass is 10.1. The zero-order valence-corrected chi connectivity index (χ0v) is 12.2. The number of nitrogens with one attached hydrogen (secondary N) is 1. The number of hydrogen-bond acceptors (Lipinski definition) is 2. The van der Waals surface area contributed by atoms with E-state index in [0.29, 0.717) is 6.04 Å². The molecule has 100 valence electrons. The maximum atomic E-state index is 3.56. The molecule has 1 aliphatic rings. The van der Waals surface area contributed by atoms with Crippen LogP contribution in [0.25, 0.3) is 0 Å². The van der Waals surface area contributed by atoms with E-state index >= 15 is 0 Å². The zero-order chi connectivity index (χ0) is 13.2. The van der Waals surface area contributed by atoms with Crippen LogP contribution in [0.2, 0.25) is 0 Å². The highest BCUT2D eigenvalue weighted by atomic mass is 15.2. The molecular formula is C16H26N2. The summed E-state index contributed by atoms with van der Waals surface area (Å²) in [5, 5.41) is 3.56. The molecule has 0 amide bonds. The van der Waals surface area contributed by atoms with E-state index in [0.717, 1.165) is 13.1 Å². The summed E-state index contributed by atoms with van der Waals surface area (Å²) in [7, 11) is 0. The Kier molecular flexibility index (Phi) is 3.96. The van der Waals surface area contributed by atoms with Crippen LogP contribution in [0.4, 0.5) is 5.69 Å². The molecule has 0 spiro atoms. The Morgan fingerprint density at radius 2 is 2.00 bits per heavy atom. The van der Waals surface area contributed by atoms with Gasteiger partial charge in [0, 0.05) is 23.8 Å². The fourth-order valence-corrected chi connectivity index (χ4v) is 2.68. The van der Waals surface area contributed by atoms with Crippen LogP contribution in [-0.2, 0) is 6.42 Å². The minimum atomic E-state index is 0.231. The lowest BCUT2D eigenvalue weighted by Crippen LogP contribution is -2.38. The van der Waals surface area contributed by atoms with Crippen LogP contribution in [0.5, 0.6) is 0 Å². The SMILES string of the molecule is CC1Cc2ccccc2N1CCCNC(C)(C)C. The predicted octanol–water partition coefficient (Wildman–Crippen LogP) is 3.22. The molecule has 1 N–H and O–H groups in total. The molecule has 0 radical (unpaired) electrons. The molecule has 1 unspecified atom stereocenters. The number of nitrogens with zero attached hydrogens (tertiary/aromatic N) is 1. The summed E-state index contributed by atoms with van der Waals surface area (Å²) in [6.45, 7) is 11.2. The fourth-order valence-electron chi connectivity index (χ4n) is 2.68. The third-order valence-electron chi connectivity index (χ3n) is 3.58. The van der Waals surface area contributed by atoms with Crippen LogP contribution in [0, 0.1) is 0 Å². The van der Waals surface area contributed by atoms with Crippen molar-refractivity contribution in [2.45, 2.75) is 52.1 Å². The number of hydrogen-bond donors (Lipinski definition) is 1. The highest BCUT2D eigenvalue weighted by Gasteiger charge is 2.24. The number of benzene rings is 1. The van der Waals surface area contributed by atoms with E-state index in [2.05, 4.69) is 62.2 Å². The Bertz CT molecular complexity index is 392. The number of anilines is 1. The van der Waals surface area contributed by atoms with Crippen molar-refractivity contribution in [2.24, 2.45) is 0 Å². The monoisotopic (exact) mass is 246 g/mol. The summed E-state index contributed by atoms with van der Waals surface area (Å²) >= 11 is 0. The zero-order valence-electron chi connectivity index (χ0n) is 12.2. The van der Waals surface area contributed by atoms with Crippen molar-refractivity contribution >= 4 is 5.69 Å². The summed E-state index contributed by atoms with van der Waals surface area (Å²) in [6, 6.07) is 9.47. The van der Waals surface area contributed by atoms with E-state index < -0.39 is 0 Å². The lowest BCUT2D eigenvalue weighted by Gasteiger charge is -2.26. The predicted molar refractivity (Wildman–Crippen MR) is 79.3 cm³/mol. The normalized spacial score (nSPS) is 19.1. The average molecular weight is 246 g/mol. The molecule has 18 heavy (non-hydrogen) atoms. The van der Waals surface area contributed by atoms with Crippen molar-refractivity contribution in [3.8, 4) is 0 Å². The lowest BCUT2D eigenvalue weighted by molar-refractivity contribution is 0.421. The first-order valence-corrected chi connectivity index (χ1v) is 7.07. The van der Waals surface area contributed by atoms with Crippen LogP contribution < -0.4 is 10.2 Å². The van der Waals surface area contributed by atoms with E-state index in [1.807, 2.05) is 0 Å². The highest BCUT2D eigenvalue weighted by molar-refractivity contribution is 5.59. The van der Waals surface area contributed by atoms with Gasteiger partial charge in [0.05, 0.1) is 0 Å². The smallest absolute Gasteiger partial charge is 0.0402 e. The van der Waals surface area contributed by atoms with Crippen molar-refractivity contribution in [1.29, 1.82) is 0 Å². The minimum Gasteiger partial charge on any atom is -0.368 e. The number of fused-ring (bicyclic) bond motifs is 1. The first-order valence-electron chi connectivity index (χ1n) is 7.07. The highest BCUT2D eigenvalue weighted by Crippen LogP contribution is 2.31. The molecule has 0 aliphatic carbocycles. The van der Waals surface area contributed by atoms with Gasteiger partial charge in [-0.2, -0.15) is 0 Å². The van der Waals surface area contributed by atoms with Crippen LogP contribution in [0.1, 0.15) is 39.7 Å². The summed E-state index contributed by atoms with van der Waals surface area (Å²) in [5.41, 5.74) is 3.18. The van der Waals surface area contributed by atoms with Crippen LogP contribution in [0.15, 0.2) is 24.3 Å². The molecule has 2 heteroatoms. The van der Waals surface area contributed by atoms with Gasteiger partial charge in [0.1, 0.15) is 0 Å². The Labute approximate surface area is 111 Å². The largest absolute Gasteiger partial charge is 0.368 e. The van der Waals surface area contributed by atoms with Gasteiger partial charge in [-0.15, -0.1) is 0 Å². The quantitative estimate of drug-likeness (QED) is 0.821. The van der Waals surface area contributed by atoms with E-state index in [1.54, 1.807) is 0 Å². The van der Waals surface area contributed by atoms with E-state index in [1.165, 1.54) is 24.1 Å². The molecule has 0 aromatic heterocycles. The molecule has 0 saturated heterocycles. The second-order valence-electron chi connectivity index (χ2n) is 6.41. The molecule has 1 heterocycles. The van der Waals surface area contributed by atoms with Gasteiger partial charge in [-0.05, 0) is 58.7 Å². The molecular weight excluding hydrogens is 220 g/mol. The molecule has 1 aliphatic heterocycles. The van der Waals surface area contributed by atoms with Crippen LogP contribution in [0.3, 0.4) is 0 Å². The average Bonchev–Trinajstić information content (AvgIpc) is 2.59. The van der Waals surface area contributed by atoms with Crippen molar-refractivity contribution < 1.29 is 0 Å². The van der Waals surface area contributed by atoms with Gasteiger partial charge in [-0.3, -0.25) is 0 Å². The standard InChI is InChI=1S/C16H26N2/c1-13-12-14-8-5-6-9-15(14)18(13)11-7-10-17-16(2,3)4/h5-6,8-9,13,17H,7,10-12H2,1-4H3. The topological polar surface area (TPSA) is 15.3 Å².